The molecule has 24 heavy (non-hydrogen) atoms. The van der Waals surface area contributed by atoms with Crippen molar-refractivity contribution in [2.24, 2.45) is 0 Å². The maximum atomic E-state index is 13.4. The normalized spacial score (nSPS) is 12.6. The first-order valence-electron chi connectivity index (χ1n) is 9.03. The van der Waals surface area contributed by atoms with E-state index in [0.29, 0.717) is 5.92 Å². The van der Waals surface area contributed by atoms with E-state index in [4.69, 9.17) is 5.10 Å². The summed E-state index contributed by atoms with van der Waals surface area (Å²) in [5, 5.41) is 4.90. The van der Waals surface area contributed by atoms with Crippen LogP contribution in [-0.2, 0) is 5.41 Å². The smallest absolute Gasteiger partial charge is 0.123 e. The number of hydrogen-bond acceptors (Lipinski definition) is 1. The van der Waals surface area contributed by atoms with E-state index in [2.05, 4.69) is 41.5 Å². The predicted molar refractivity (Wildman–Crippen MR) is 102 cm³/mol. The van der Waals surface area contributed by atoms with Crippen LogP contribution in [0.15, 0.2) is 18.2 Å². The van der Waals surface area contributed by atoms with Crippen molar-refractivity contribution >= 4 is 0 Å². The topological polar surface area (TPSA) is 17.8 Å². The van der Waals surface area contributed by atoms with Gasteiger partial charge in [-0.15, -0.1) is 0 Å². The highest BCUT2D eigenvalue weighted by atomic mass is 19.1. The molecule has 1 heterocycles. The first-order chi connectivity index (χ1) is 11.2. The van der Waals surface area contributed by atoms with Crippen molar-refractivity contribution in [2.75, 3.05) is 0 Å². The summed E-state index contributed by atoms with van der Waals surface area (Å²) in [5.41, 5.74) is 5.52. The van der Waals surface area contributed by atoms with Crippen molar-refractivity contribution in [2.45, 2.75) is 80.1 Å². The molecule has 0 aliphatic carbocycles. The van der Waals surface area contributed by atoms with Crippen molar-refractivity contribution in [3.63, 3.8) is 0 Å². The number of rotatable bonds is 3. The Bertz CT molecular complexity index is 678. The summed E-state index contributed by atoms with van der Waals surface area (Å²) in [4.78, 5) is 0. The second-order valence-corrected chi connectivity index (χ2v) is 7.25. The molecule has 0 aliphatic heterocycles. The zero-order valence-corrected chi connectivity index (χ0v) is 16.8. The molecule has 2 nitrogen and oxygen atoms in total. The van der Waals surface area contributed by atoms with E-state index in [0.717, 1.165) is 29.1 Å². The monoisotopic (exact) mass is 332 g/mol. The summed E-state index contributed by atoms with van der Waals surface area (Å²) in [7, 11) is 0. The summed E-state index contributed by atoms with van der Waals surface area (Å²) in [6.07, 6.45) is 1.06. The number of hydrogen-bond donors (Lipinski definition) is 0. The molecule has 0 saturated heterocycles. The van der Waals surface area contributed by atoms with Gasteiger partial charge in [-0.25, -0.2) is 9.07 Å². The lowest BCUT2D eigenvalue weighted by Crippen LogP contribution is -2.15. The van der Waals surface area contributed by atoms with Gasteiger partial charge in [0.15, 0.2) is 0 Å². The Morgan fingerprint density at radius 3 is 2.21 bits per heavy atom. The Morgan fingerprint density at radius 2 is 1.75 bits per heavy atom. The lowest BCUT2D eigenvalue weighted by atomic mass is 9.82. The molecule has 0 radical (unpaired) electrons. The minimum absolute atomic E-state index is 0.0367. The summed E-state index contributed by atoms with van der Waals surface area (Å²) in [5.74, 6) is 0.208. The van der Waals surface area contributed by atoms with Crippen LogP contribution >= 0.6 is 0 Å². The highest BCUT2D eigenvalue weighted by Gasteiger charge is 2.28. The van der Waals surface area contributed by atoms with E-state index in [1.54, 1.807) is 6.07 Å². The summed E-state index contributed by atoms with van der Waals surface area (Å²) in [6.45, 7) is 19.1. The van der Waals surface area contributed by atoms with Crippen LogP contribution < -0.4 is 0 Å². The van der Waals surface area contributed by atoms with Crippen LogP contribution in [0.25, 0.3) is 5.69 Å². The van der Waals surface area contributed by atoms with Crippen molar-refractivity contribution in [3.8, 4) is 5.69 Å². The molecular formula is C21H33FN2. The SMILES string of the molecule is CC.CCC(C)c1nn(-c2ccc(F)cc2C)c(C)c1C(C)(C)C. The maximum Gasteiger partial charge on any atom is 0.123 e. The fourth-order valence-corrected chi connectivity index (χ4v) is 3.08. The average molecular weight is 333 g/mol. The zero-order chi connectivity index (χ0) is 18.7. The van der Waals surface area contributed by atoms with Gasteiger partial charge in [0.2, 0.25) is 0 Å². The van der Waals surface area contributed by atoms with Gasteiger partial charge in [-0.1, -0.05) is 48.5 Å². The third-order valence-corrected chi connectivity index (χ3v) is 4.36. The highest BCUT2D eigenvalue weighted by Crippen LogP contribution is 2.35. The van der Waals surface area contributed by atoms with Crippen molar-refractivity contribution in [3.05, 3.63) is 46.5 Å². The van der Waals surface area contributed by atoms with Gasteiger partial charge in [0.1, 0.15) is 5.82 Å². The van der Waals surface area contributed by atoms with Gasteiger partial charge < -0.3 is 0 Å². The van der Waals surface area contributed by atoms with Crippen LogP contribution in [-0.4, -0.2) is 9.78 Å². The van der Waals surface area contributed by atoms with Crippen LogP contribution in [0.4, 0.5) is 4.39 Å². The van der Waals surface area contributed by atoms with E-state index in [1.807, 2.05) is 31.5 Å². The van der Waals surface area contributed by atoms with Crippen LogP contribution in [0.5, 0.6) is 0 Å². The maximum absolute atomic E-state index is 13.4. The van der Waals surface area contributed by atoms with E-state index in [-0.39, 0.29) is 11.2 Å². The van der Waals surface area contributed by atoms with Gasteiger partial charge in [0, 0.05) is 17.2 Å². The van der Waals surface area contributed by atoms with E-state index < -0.39 is 0 Å². The molecule has 0 spiro atoms. The third-order valence-electron chi connectivity index (χ3n) is 4.36. The number of aryl methyl sites for hydroxylation is 1. The van der Waals surface area contributed by atoms with Gasteiger partial charge >= 0.3 is 0 Å². The second kappa shape index (κ2) is 7.96. The molecule has 1 aromatic carbocycles. The lowest BCUT2D eigenvalue weighted by Gasteiger charge is -2.22. The predicted octanol–water partition coefficient (Wildman–Crippen LogP) is 6.47. The summed E-state index contributed by atoms with van der Waals surface area (Å²) >= 11 is 0. The van der Waals surface area contributed by atoms with Gasteiger partial charge in [-0.2, -0.15) is 5.10 Å². The molecule has 3 heteroatoms. The van der Waals surface area contributed by atoms with Crippen molar-refractivity contribution < 1.29 is 4.39 Å². The molecule has 0 bridgehead atoms. The minimum atomic E-state index is -0.204. The van der Waals surface area contributed by atoms with Gasteiger partial charge in [0.05, 0.1) is 11.4 Å². The molecule has 2 rings (SSSR count). The number of halogens is 1. The van der Waals surface area contributed by atoms with E-state index in [1.165, 1.54) is 11.6 Å². The molecule has 0 saturated carbocycles. The molecule has 0 amide bonds. The van der Waals surface area contributed by atoms with Crippen LogP contribution in [0.2, 0.25) is 0 Å². The Kier molecular flexibility index (Phi) is 6.76. The Labute approximate surface area is 147 Å². The van der Waals surface area contributed by atoms with Gasteiger partial charge in [-0.05, 0) is 49.4 Å². The third kappa shape index (κ3) is 4.06. The lowest BCUT2D eigenvalue weighted by molar-refractivity contribution is 0.565. The highest BCUT2D eigenvalue weighted by molar-refractivity contribution is 5.45. The molecule has 0 N–H and O–H groups in total. The van der Waals surface area contributed by atoms with Gasteiger partial charge in [-0.3, -0.25) is 0 Å². The van der Waals surface area contributed by atoms with E-state index in [9.17, 15) is 4.39 Å². The standard InChI is InChI=1S/C19H27FN2.C2H6/c1-8-12(2)18-17(19(5,6)7)14(4)22(21-18)16-10-9-15(20)11-13(16)3;1-2/h9-12H,8H2,1-7H3;1-2H3. The van der Waals surface area contributed by atoms with Crippen LogP contribution in [0.1, 0.15) is 83.3 Å². The quantitative estimate of drug-likeness (QED) is 0.630. The average Bonchev–Trinajstić information content (AvgIpc) is 2.86. The first kappa shape index (κ1) is 20.4. The minimum Gasteiger partial charge on any atom is -0.237 e. The Morgan fingerprint density at radius 1 is 1.17 bits per heavy atom. The number of benzene rings is 1. The number of nitrogens with zero attached hydrogens (tertiary/aromatic N) is 2. The Hall–Kier alpha value is -1.64. The van der Waals surface area contributed by atoms with Gasteiger partial charge in [0.25, 0.3) is 0 Å². The molecule has 1 aromatic heterocycles. The van der Waals surface area contributed by atoms with Crippen LogP contribution in [0.3, 0.4) is 0 Å². The molecule has 2 aromatic rings. The molecule has 1 unspecified atom stereocenters. The van der Waals surface area contributed by atoms with E-state index >= 15 is 0 Å². The fraction of sp³-hybridized carbons (Fsp3) is 0.571. The fourth-order valence-electron chi connectivity index (χ4n) is 3.08. The van der Waals surface area contributed by atoms with Crippen molar-refractivity contribution in [1.82, 2.24) is 9.78 Å². The number of aromatic nitrogens is 2. The molecule has 0 aliphatic rings. The van der Waals surface area contributed by atoms with Crippen molar-refractivity contribution in [1.29, 1.82) is 0 Å². The summed E-state index contributed by atoms with van der Waals surface area (Å²) in [6, 6.07) is 4.89. The largest absolute Gasteiger partial charge is 0.237 e. The summed E-state index contributed by atoms with van der Waals surface area (Å²) < 4.78 is 15.4. The zero-order valence-electron chi connectivity index (χ0n) is 16.8. The molecule has 1 atom stereocenters. The second-order valence-electron chi connectivity index (χ2n) is 7.25. The first-order valence-corrected chi connectivity index (χ1v) is 9.03. The molecular weight excluding hydrogens is 299 g/mol. The Balaban J connectivity index is 0.00000139. The molecule has 0 fully saturated rings. The van der Waals surface area contributed by atoms with Crippen LogP contribution in [0, 0.1) is 19.7 Å². The molecule has 134 valence electrons.